The molecule has 0 aromatic heterocycles. The maximum absolute atomic E-state index is 10.0. The molecule has 1 rings (SSSR count). The van der Waals surface area contributed by atoms with Crippen LogP contribution in [0.2, 0.25) is 0 Å². The van der Waals surface area contributed by atoms with Crippen LogP contribution in [0.1, 0.15) is 217 Å². The van der Waals surface area contributed by atoms with Gasteiger partial charge in [-0.1, -0.05) is 136 Å². The summed E-state index contributed by atoms with van der Waals surface area (Å²) in [4.78, 5) is 0. The van der Waals surface area contributed by atoms with Gasteiger partial charge in [0.2, 0.25) is 0 Å². The minimum Gasteiger partial charge on any atom is -0.490 e. The molecule has 0 N–H and O–H groups in total. The molecular weight excluding hydrogens is 686 g/mol. The SMILES string of the molecule is CC(C)CCCCCCCCCCOc1ccc(C(CC#N)OP(N(C(C)C)C(C)C)N(C(C)C)C(C)C)cc1OCCCCCCCCCCC(C)C. The van der Waals surface area contributed by atoms with Crippen molar-refractivity contribution in [3.05, 3.63) is 23.8 Å². The second-order valence-corrected chi connectivity index (χ2v) is 19.4. The van der Waals surface area contributed by atoms with Crippen LogP contribution in [0.4, 0.5) is 0 Å². The number of nitrogens with zero attached hydrogens (tertiary/aromatic N) is 3. The first kappa shape index (κ1) is 50.6. The Kier molecular flexibility index (Phi) is 28.8. The Morgan fingerprint density at radius 1 is 0.519 bits per heavy atom. The molecule has 0 saturated heterocycles. The van der Waals surface area contributed by atoms with Gasteiger partial charge >= 0.3 is 0 Å². The predicted octanol–water partition coefficient (Wildman–Crippen LogP) is 15.2. The number of ether oxygens (including phenoxy) is 2. The molecule has 0 aliphatic rings. The standard InChI is InChI=1S/C47H88N3O3P/c1-38(2)29-25-21-17-13-15-19-23-27-35-51-46-32-31-44(37-47(46)52-36-28-24-20-16-14-18-22-26-30-39(3)4)45(33-34-48)53-54(49(40(5)6)41(7)8)50(42(9)10)43(11)12/h31-32,37-43,45H,13-30,33,35-36H2,1-12H3. The van der Waals surface area contributed by atoms with Gasteiger partial charge in [-0.3, -0.25) is 0 Å². The molecule has 7 heteroatoms. The van der Waals surface area contributed by atoms with E-state index >= 15 is 0 Å². The first-order chi connectivity index (χ1) is 25.8. The third-order valence-electron chi connectivity index (χ3n) is 10.2. The first-order valence-electron chi connectivity index (χ1n) is 22.6. The smallest absolute Gasteiger partial charge is 0.189 e. The monoisotopic (exact) mass is 774 g/mol. The molecular formula is C47H88N3O3P. The van der Waals surface area contributed by atoms with Crippen LogP contribution < -0.4 is 9.47 Å². The normalized spacial score (nSPS) is 12.9. The lowest BCUT2D eigenvalue weighted by atomic mass is 10.0. The lowest BCUT2D eigenvalue weighted by Crippen LogP contribution is -2.43. The number of benzene rings is 1. The Labute approximate surface area is 337 Å². The van der Waals surface area contributed by atoms with Crippen LogP contribution in [0.15, 0.2) is 18.2 Å². The van der Waals surface area contributed by atoms with Gasteiger partial charge in [0.25, 0.3) is 0 Å². The largest absolute Gasteiger partial charge is 0.490 e. The molecule has 1 unspecified atom stereocenters. The third-order valence-corrected chi connectivity index (χ3v) is 13.3. The number of hydrogen-bond acceptors (Lipinski definition) is 6. The van der Waals surface area contributed by atoms with Crippen LogP contribution in [0.25, 0.3) is 0 Å². The van der Waals surface area contributed by atoms with Crippen molar-refractivity contribution in [1.82, 2.24) is 9.34 Å². The van der Waals surface area contributed by atoms with Crippen LogP contribution in [0.3, 0.4) is 0 Å². The van der Waals surface area contributed by atoms with Gasteiger partial charge in [0.1, 0.15) is 6.10 Å². The summed E-state index contributed by atoms with van der Waals surface area (Å²) in [6, 6.07) is 9.90. The van der Waals surface area contributed by atoms with Crippen molar-refractivity contribution in [2.45, 2.75) is 235 Å². The number of rotatable bonds is 34. The van der Waals surface area contributed by atoms with Crippen molar-refractivity contribution in [2.75, 3.05) is 13.2 Å². The highest BCUT2D eigenvalue weighted by Crippen LogP contribution is 2.54. The molecule has 1 atom stereocenters. The molecule has 0 saturated carbocycles. The Hall–Kier alpha value is -1.38. The van der Waals surface area contributed by atoms with E-state index in [9.17, 15) is 5.26 Å². The molecule has 0 fully saturated rings. The molecule has 0 spiro atoms. The molecule has 0 bridgehead atoms. The van der Waals surface area contributed by atoms with Crippen molar-refractivity contribution >= 4 is 8.45 Å². The fraction of sp³-hybridized carbons (Fsp3) is 0.851. The van der Waals surface area contributed by atoms with Crippen molar-refractivity contribution < 1.29 is 14.0 Å². The van der Waals surface area contributed by atoms with E-state index in [1.807, 2.05) is 0 Å². The predicted molar refractivity (Wildman–Crippen MR) is 235 cm³/mol. The zero-order valence-electron chi connectivity index (χ0n) is 37.6. The van der Waals surface area contributed by atoms with Gasteiger partial charge in [-0.2, -0.15) is 5.26 Å². The van der Waals surface area contributed by atoms with Crippen molar-refractivity contribution in [3.63, 3.8) is 0 Å². The molecule has 0 aliphatic heterocycles. The fourth-order valence-electron chi connectivity index (χ4n) is 7.38. The molecule has 54 heavy (non-hydrogen) atoms. The van der Waals surface area contributed by atoms with E-state index in [0.29, 0.717) is 37.4 Å². The highest BCUT2D eigenvalue weighted by molar-refractivity contribution is 7.47. The van der Waals surface area contributed by atoms with Crippen LogP contribution >= 0.6 is 8.45 Å². The van der Waals surface area contributed by atoms with Crippen LogP contribution in [-0.2, 0) is 4.52 Å². The van der Waals surface area contributed by atoms with E-state index in [4.69, 9.17) is 14.0 Å². The zero-order valence-corrected chi connectivity index (χ0v) is 38.5. The van der Waals surface area contributed by atoms with Crippen molar-refractivity contribution in [3.8, 4) is 17.6 Å². The van der Waals surface area contributed by atoms with E-state index in [1.165, 1.54) is 103 Å². The Morgan fingerprint density at radius 2 is 0.889 bits per heavy atom. The number of hydrogen-bond donors (Lipinski definition) is 0. The summed E-state index contributed by atoms with van der Waals surface area (Å²) < 4.78 is 25.0. The van der Waals surface area contributed by atoms with Crippen molar-refractivity contribution in [1.29, 1.82) is 5.26 Å². The summed E-state index contributed by atoms with van der Waals surface area (Å²) in [6.07, 6.45) is 23.2. The highest BCUT2D eigenvalue weighted by Gasteiger charge is 2.36. The van der Waals surface area contributed by atoms with E-state index in [1.54, 1.807) is 0 Å². The Morgan fingerprint density at radius 3 is 1.26 bits per heavy atom. The van der Waals surface area contributed by atoms with Gasteiger partial charge in [0, 0.05) is 24.2 Å². The van der Waals surface area contributed by atoms with Crippen LogP contribution in [0.5, 0.6) is 11.5 Å². The fourth-order valence-corrected chi connectivity index (χ4v) is 9.84. The van der Waals surface area contributed by atoms with E-state index in [-0.39, 0.29) is 12.5 Å². The van der Waals surface area contributed by atoms with E-state index in [2.05, 4.69) is 117 Å². The third kappa shape index (κ3) is 22.4. The quantitative estimate of drug-likeness (QED) is 0.0513. The average Bonchev–Trinajstić information content (AvgIpc) is 3.08. The Balaban J connectivity index is 3.02. The van der Waals surface area contributed by atoms with E-state index in [0.717, 1.165) is 41.7 Å². The molecule has 314 valence electrons. The minimum atomic E-state index is -1.15. The molecule has 6 nitrogen and oxygen atoms in total. The maximum atomic E-state index is 10.0. The van der Waals surface area contributed by atoms with Gasteiger partial charge < -0.3 is 14.0 Å². The number of nitriles is 1. The summed E-state index contributed by atoms with van der Waals surface area (Å²) in [5, 5.41) is 10.0. The first-order valence-corrected chi connectivity index (χ1v) is 23.8. The Bertz CT molecular complexity index is 1050. The molecule has 1 aromatic rings. The van der Waals surface area contributed by atoms with Crippen LogP contribution in [0, 0.1) is 23.2 Å². The van der Waals surface area contributed by atoms with Gasteiger partial charge in [0.05, 0.1) is 25.7 Å². The van der Waals surface area contributed by atoms with Gasteiger partial charge in [0.15, 0.2) is 19.9 Å². The maximum Gasteiger partial charge on any atom is 0.189 e. The summed E-state index contributed by atoms with van der Waals surface area (Å²) in [5.41, 5.74) is 0.984. The summed E-state index contributed by atoms with van der Waals surface area (Å²) in [5.74, 6) is 3.24. The second-order valence-electron chi connectivity index (χ2n) is 17.8. The highest BCUT2D eigenvalue weighted by atomic mass is 31.2. The molecule has 0 heterocycles. The second kappa shape index (κ2) is 30.7. The lowest BCUT2D eigenvalue weighted by molar-refractivity contribution is 0.145. The van der Waals surface area contributed by atoms with Crippen molar-refractivity contribution in [2.24, 2.45) is 11.8 Å². The summed E-state index contributed by atoms with van der Waals surface area (Å²) in [7, 11) is -1.15. The van der Waals surface area contributed by atoms with E-state index < -0.39 is 8.45 Å². The van der Waals surface area contributed by atoms with Gasteiger partial charge in [-0.15, -0.1) is 0 Å². The number of unbranched alkanes of at least 4 members (excludes halogenated alkanes) is 14. The summed E-state index contributed by atoms with van der Waals surface area (Å²) >= 11 is 0. The topological polar surface area (TPSA) is 58.0 Å². The zero-order chi connectivity index (χ0) is 40.3. The average molecular weight is 774 g/mol. The summed E-state index contributed by atoms with van der Waals surface area (Å²) in [6.45, 7) is 28.6. The molecule has 0 aliphatic carbocycles. The lowest BCUT2D eigenvalue weighted by Gasteiger charge is -2.46. The molecule has 0 amide bonds. The molecule has 1 aromatic carbocycles. The minimum absolute atomic E-state index is 0.279. The molecule has 0 radical (unpaired) electrons. The van der Waals surface area contributed by atoms with Gasteiger partial charge in [-0.25, -0.2) is 9.34 Å². The van der Waals surface area contributed by atoms with Gasteiger partial charge in [-0.05, 0) is 97.8 Å². The van der Waals surface area contributed by atoms with Crippen LogP contribution in [-0.4, -0.2) is 46.7 Å².